The average molecular weight is 396 g/mol. The van der Waals surface area contributed by atoms with Crippen molar-refractivity contribution in [3.05, 3.63) is 46.6 Å². The molecule has 3 heterocycles. The van der Waals surface area contributed by atoms with E-state index in [1.807, 2.05) is 6.92 Å². The van der Waals surface area contributed by atoms with Gasteiger partial charge in [0, 0.05) is 19.2 Å². The first-order valence-corrected chi connectivity index (χ1v) is 10.2. The van der Waals surface area contributed by atoms with Crippen LogP contribution in [0, 0.1) is 6.92 Å². The number of rotatable bonds is 8. The number of aryl methyl sites for hydroxylation is 1. The van der Waals surface area contributed by atoms with Gasteiger partial charge in [0.15, 0.2) is 0 Å². The maximum atomic E-state index is 12.6. The van der Waals surface area contributed by atoms with Gasteiger partial charge >= 0.3 is 6.01 Å². The third-order valence-electron chi connectivity index (χ3n) is 5.54. The molecule has 29 heavy (non-hydrogen) atoms. The van der Waals surface area contributed by atoms with Crippen molar-refractivity contribution in [2.75, 3.05) is 38.3 Å². The lowest BCUT2D eigenvalue weighted by Crippen LogP contribution is -2.26. The molecule has 7 heteroatoms. The van der Waals surface area contributed by atoms with E-state index in [-0.39, 0.29) is 5.91 Å². The third kappa shape index (κ3) is 4.57. The van der Waals surface area contributed by atoms with Gasteiger partial charge in [-0.05, 0) is 44.0 Å². The molecule has 2 aliphatic heterocycles. The van der Waals surface area contributed by atoms with E-state index >= 15 is 0 Å². The number of carbonyl (C=O) groups excluding carboxylic acids is 1. The first-order valence-electron chi connectivity index (χ1n) is 10.2. The summed E-state index contributed by atoms with van der Waals surface area (Å²) in [7, 11) is 1.62. The highest BCUT2D eigenvalue weighted by atomic mass is 16.5. The van der Waals surface area contributed by atoms with Gasteiger partial charge in [-0.15, -0.1) is 0 Å². The summed E-state index contributed by atoms with van der Waals surface area (Å²) < 4.78 is 10.6. The summed E-state index contributed by atoms with van der Waals surface area (Å²) in [6.45, 7) is 6.62. The number of aromatic nitrogens is 2. The number of hydrogen-bond donors (Lipinski definition) is 0. The number of hydrogen-bond acceptors (Lipinski definition) is 6. The lowest BCUT2D eigenvalue weighted by Gasteiger charge is -2.18. The fraction of sp³-hybridized carbons (Fsp3) is 0.500. The summed E-state index contributed by atoms with van der Waals surface area (Å²) in [6, 6.07) is 8.85. The van der Waals surface area contributed by atoms with Gasteiger partial charge in [0.25, 0.3) is 0 Å². The number of fused-ring (bicyclic) bond motifs is 1. The maximum absolute atomic E-state index is 12.6. The SMILES string of the molecule is COCCOc1nc(C)c2c(n1)N(Cc1ccc(CN3CCCC3)cc1)C(=O)C2. The summed E-state index contributed by atoms with van der Waals surface area (Å²) in [5, 5.41) is 0. The largest absolute Gasteiger partial charge is 0.461 e. The van der Waals surface area contributed by atoms with E-state index in [2.05, 4.69) is 39.1 Å². The predicted octanol–water partition coefficient (Wildman–Crippen LogP) is 2.50. The summed E-state index contributed by atoms with van der Waals surface area (Å²) >= 11 is 0. The van der Waals surface area contributed by atoms with Gasteiger partial charge in [0.05, 0.1) is 25.3 Å². The number of methoxy groups -OCH3 is 1. The summed E-state index contributed by atoms with van der Waals surface area (Å²) in [5.41, 5.74) is 4.09. The highest BCUT2D eigenvalue weighted by molar-refractivity contribution is 6.00. The van der Waals surface area contributed by atoms with Crippen LogP contribution in [0.15, 0.2) is 24.3 Å². The van der Waals surface area contributed by atoms with E-state index in [0.29, 0.717) is 38.0 Å². The van der Waals surface area contributed by atoms with Gasteiger partial charge in [-0.3, -0.25) is 14.6 Å². The molecule has 1 aromatic heterocycles. The molecule has 154 valence electrons. The molecule has 1 saturated heterocycles. The van der Waals surface area contributed by atoms with Crippen molar-refractivity contribution in [3.8, 4) is 6.01 Å². The standard InChI is InChI=1S/C22H28N4O3/c1-16-19-13-20(27)26(21(19)24-22(23-16)29-12-11-28-2)15-18-7-5-17(6-8-18)14-25-9-3-4-10-25/h5-8H,3-4,9-15H2,1-2H3. The molecule has 4 rings (SSSR count). The number of benzene rings is 1. The summed E-state index contributed by atoms with van der Waals surface area (Å²) in [4.78, 5) is 25.8. The Morgan fingerprint density at radius 2 is 1.69 bits per heavy atom. The Kier molecular flexibility index (Phi) is 6.06. The molecular weight excluding hydrogens is 368 g/mol. The topological polar surface area (TPSA) is 67.8 Å². The molecule has 7 nitrogen and oxygen atoms in total. The number of ether oxygens (including phenoxy) is 2. The molecule has 0 spiro atoms. The molecule has 0 radical (unpaired) electrons. The molecule has 2 aromatic rings. The quantitative estimate of drug-likeness (QED) is 0.639. The number of carbonyl (C=O) groups is 1. The minimum absolute atomic E-state index is 0.0487. The molecule has 1 amide bonds. The Balaban J connectivity index is 1.47. The van der Waals surface area contributed by atoms with E-state index in [9.17, 15) is 4.79 Å². The zero-order valence-corrected chi connectivity index (χ0v) is 17.2. The monoisotopic (exact) mass is 396 g/mol. The van der Waals surface area contributed by atoms with Crippen molar-refractivity contribution in [3.63, 3.8) is 0 Å². The number of amides is 1. The fourth-order valence-electron chi connectivity index (χ4n) is 3.93. The van der Waals surface area contributed by atoms with Crippen LogP contribution in [-0.2, 0) is 29.0 Å². The normalized spacial score (nSPS) is 16.5. The van der Waals surface area contributed by atoms with E-state index in [4.69, 9.17) is 9.47 Å². The van der Waals surface area contributed by atoms with E-state index < -0.39 is 0 Å². The minimum Gasteiger partial charge on any atom is -0.461 e. The van der Waals surface area contributed by atoms with Crippen LogP contribution in [0.4, 0.5) is 5.82 Å². The Bertz CT molecular complexity index is 863. The number of nitrogens with zero attached hydrogens (tertiary/aromatic N) is 4. The summed E-state index contributed by atoms with van der Waals surface area (Å²) in [6.07, 6.45) is 2.94. The lowest BCUT2D eigenvalue weighted by molar-refractivity contribution is -0.117. The zero-order valence-electron chi connectivity index (χ0n) is 17.2. The first-order chi connectivity index (χ1) is 14.1. The van der Waals surface area contributed by atoms with Crippen LogP contribution in [0.1, 0.15) is 35.2 Å². The smallest absolute Gasteiger partial charge is 0.318 e. The molecule has 0 bridgehead atoms. The first kappa shape index (κ1) is 19.8. The Morgan fingerprint density at radius 3 is 2.38 bits per heavy atom. The highest BCUT2D eigenvalue weighted by Gasteiger charge is 2.31. The molecule has 0 aliphatic carbocycles. The molecule has 0 N–H and O–H groups in total. The Hall–Kier alpha value is -2.51. The Labute approximate surface area is 171 Å². The van der Waals surface area contributed by atoms with E-state index in [1.54, 1.807) is 12.0 Å². The van der Waals surface area contributed by atoms with Crippen molar-refractivity contribution in [2.24, 2.45) is 0 Å². The van der Waals surface area contributed by atoms with Gasteiger partial charge in [0.1, 0.15) is 12.4 Å². The molecule has 1 aromatic carbocycles. The van der Waals surface area contributed by atoms with Gasteiger partial charge in [-0.2, -0.15) is 4.98 Å². The molecule has 0 saturated carbocycles. The third-order valence-corrected chi connectivity index (χ3v) is 5.54. The number of anilines is 1. The predicted molar refractivity (Wildman–Crippen MR) is 110 cm³/mol. The van der Waals surface area contributed by atoms with Crippen LogP contribution in [0.2, 0.25) is 0 Å². The Morgan fingerprint density at radius 1 is 1.00 bits per heavy atom. The van der Waals surface area contributed by atoms with E-state index in [0.717, 1.165) is 23.4 Å². The molecule has 1 fully saturated rings. The molecule has 0 unspecified atom stereocenters. The van der Waals surface area contributed by atoms with E-state index in [1.165, 1.54) is 31.5 Å². The second-order valence-electron chi connectivity index (χ2n) is 7.69. The molecule has 0 atom stereocenters. The molecule has 2 aliphatic rings. The fourth-order valence-corrected chi connectivity index (χ4v) is 3.93. The number of likely N-dealkylation sites (tertiary alicyclic amines) is 1. The highest BCUT2D eigenvalue weighted by Crippen LogP contribution is 2.31. The average Bonchev–Trinajstić information content (AvgIpc) is 3.33. The van der Waals surface area contributed by atoms with Crippen LogP contribution in [-0.4, -0.2) is 54.2 Å². The van der Waals surface area contributed by atoms with Crippen molar-refractivity contribution in [1.29, 1.82) is 0 Å². The van der Waals surface area contributed by atoms with Crippen LogP contribution >= 0.6 is 0 Å². The zero-order chi connectivity index (χ0) is 20.2. The van der Waals surface area contributed by atoms with Crippen molar-refractivity contribution in [2.45, 2.75) is 39.3 Å². The summed E-state index contributed by atoms with van der Waals surface area (Å²) in [5.74, 6) is 0.712. The van der Waals surface area contributed by atoms with Gasteiger partial charge in [-0.25, -0.2) is 4.98 Å². The maximum Gasteiger partial charge on any atom is 0.318 e. The van der Waals surface area contributed by atoms with Crippen molar-refractivity contribution in [1.82, 2.24) is 14.9 Å². The van der Waals surface area contributed by atoms with Gasteiger partial charge in [0.2, 0.25) is 5.91 Å². The minimum atomic E-state index is 0.0487. The van der Waals surface area contributed by atoms with Gasteiger partial charge in [-0.1, -0.05) is 24.3 Å². The second-order valence-corrected chi connectivity index (χ2v) is 7.69. The van der Waals surface area contributed by atoms with Crippen LogP contribution in [0.3, 0.4) is 0 Å². The van der Waals surface area contributed by atoms with Crippen LogP contribution in [0.5, 0.6) is 6.01 Å². The van der Waals surface area contributed by atoms with Crippen LogP contribution < -0.4 is 9.64 Å². The second kappa shape index (κ2) is 8.88. The van der Waals surface area contributed by atoms with Gasteiger partial charge < -0.3 is 9.47 Å². The molecular formula is C22H28N4O3. The van der Waals surface area contributed by atoms with Crippen LogP contribution in [0.25, 0.3) is 0 Å². The lowest BCUT2D eigenvalue weighted by atomic mass is 10.1. The van der Waals surface area contributed by atoms with Crippen molar-refractivity contribution < 1.29 is 14.3 Å². The van der Waals surface area contributed by atoms with Crippen molar-refractivity contribution >= 4 is 11.7 Å².